The fourth-order valence-electron chi connectivity index (χ4n) is 1.81. The number of thiophene rings is 1. The van der Waals surface area contributed by atoms with Crippen molar-refractivity contribution in [3.8, 4) is 0 Å². The van der Waals surface area contributed by atoms with Gasteiger partial charge >= 0.3 is 0 Å². The summed E-state index contributed by atoms with van der Waals surface area (Å²) in [5.74, 6) is 0. The van der Waals surface area contributed by atoms with Gasteiger partial charge in [-0.25, -0.2) is 0 Å². The van der Waals surface area contributed by atoms with Crippen molar-refractivity contribution in [2.45, 2.75) is 52.4 Å². The van der Waals surface area contributed by atoms with E-state index in [-0.39, 0.29) is 0 Å². The lowest BCUT2D eigenvalue weighted by Crippen LogP contribution is -2.17. The first-order valence-electron chi connectivity index (χ1n) is 5.23. The van der Waals surface area contributed by atoms with Crippen molar-refractivity contribution < 1.29 is 0 Å². The van der Waals surface area contributed by atoms with E-state index in [0.717, 1.165) is 0 Å². The third-order valence-electron chi connectivity index (χ3n) is 2.86. The molecule has 0 nitrogen and oxygen atoms in total. The summed E-state index contributed by atoms with van der Waals surface area (Å²) in [4.78, 5) is 0. The average Bonchev–Trinajstić information content (AvgIpc) is 2.45. The van der Waals surface area contributed by atoms with E-state index >= 15 is 0 Å². The van der Waals surface area contributed by atoms with Crippen LogP contribution < -0.4 is 0 Å². The van der Waals surface area contributed by atoms with Crippen LogP contribution in [0.4, 0.5) is 0 Å². The lowest BCUT2D eigenvalue weighted by Gasteiger charge is -2.24. The van der Waals surface area contributed by atoms with Gasteiger partial charge in [-0.3, -0.25) is 0 Å². The summed E-state index contributed by atoms with van der Waals surface area (Å²) < 4.78 is 1.45. The second-order valence-electron chi connectivity index (χ2n) is 4.54. The van der Waals surface area contributed by atoms with Gasteiger partial charge in [0.25, 0.3) is 0 Å². The van der Waals surface area contributed by atoms with Crippen LogP contribution in [0.15, 0.2) is 5.38 Å². The molecule has 0 aliphatic heterocycles. The highest BCUT2D eigenvalue weighted by Crippen LogP contribution is 2.36. The van der Waals surface area contributed by atoms with Crippen molar-refractivity contribution in [1.82, 2.24) is 0 Å². The summed E-state index contributed by atoms with van der Waals surface area (Å²) in [6.45, 7) is 9.25. The minimum atomic E-state index is 0.361. The molecule has 0 aliphatic carbocycles. The van der Waals surface area contributed by atoms with Crippen LogP contribution in [0.5, 0.6) is 0 Å². The number of hydrogen-bond donors (Lipinski definition) is 0. The molecule has 1 heterocycles. The van der Waals surface area contributed by atoms with Crippen LogP contribution in [-0.2, 0) is 5.41 Å². The first-order chi connectivity index (χ1) is 6.49. The van der Waals surface area contributed by atoms with E-state index in [2.05, 4.69) is 55.7 Å². The van der Waals surface area contributed by atoms with Gasteiger partial charge in [0.2, 0.25) is 0 Å². The third-order valence-corrected chi connectivity index (χ3v) is 5.30. The maximum Gasteiger partial charge on any atom is 0.0685 e. The molecule has 0 saturated carbocycles. The summed E-state index contributed by atoms with van der Waals surface area (Å²) in [7, 11) is 0. The van der Waals surface area contributed by atoms with E-state index in [1.807, 2.05) is 11.3 Å². The van der Waals surface area contributed by atoms with Crippen LogP contribution in [0.25, 0.3) is 0 Å². The predicted octanol–water partition coefficient (Wildman–Crippen LogP) is 5.13. The van der Waals surface area contributed by atoms with Gasteiger partial charge in [-0.2, -0.15) is 0 Å². The number of rotatable bonds is 4. The Hall–Kier alpha value is 0.430. The van der Waals surface area contributed by atoms with Gasteiger partial charge in [0.1, 0.15) is 0 Å². The maximum atomic E-state index is 2.44. The van der Waals surface area contributed by atoms with Gasteiger partial charge in [-0.15, -0.1) is 11.3 Å². The summed E-state index contributed by atoms with van der Waals surface area (Å²) in [6.07, 6.45) is 3.93. The molecular weight excluding hydrogens is 303 g/mol. The van der Waals surface area contributed by atoms with E-state index in [9.17, 15) is 0 Å². The Morgan fingerprint density at radius 1 is 1.43 bits per heavy atom. The van der Waals surface area contributed by atoms with Gasteiger partial charge < -0.3 is 0 Å². The van der Waals surface area contributed by atoms with Gasteiger partial charge in [-0.05, 0) is 57.9 Å². The topological polar surface area (TPSA) is 0 Å². The van der Waals surface area contributed by atoms with Crippen LogP contribution in [0.2, 0.25) is 0 Å². The highest BCUT2D eigenvalue weighted by molar-refractivity contribution is 14.1. The minimum Gasteiger partial charge on any atom is -0.137 e. The Morgan fingerprint density at radius 3 is 2.50 bits per heavy atom. The minimum absolute atomic E-state index is 0.361. The molecule has 0 spiro atoms. The van der Waals surface area contributed by atoms with Gasteiger partial charge in [0.15, 0.2) is 0 Å². The Kier molecular flexibility index (Phi) is 4.44. The summed E-state index contributed by atoms with van der Waals surface area (Å²) >= 11 is 4.32. The van der Waals surface area contributed by atoms with Crippen molar-refractivity contribution in [1.29, 1.82) is 0 Å². The average molecular weight is 322 g/mol. The Morgan fingerprint density at radius 2 is 2.07 bits per heavy atom. The second kappa shape index (κ2) is 4.97. The van der Waals surface area contributed by atoms with Crippen molar-refractivity contribution in [3.63, 3.8) is 0 Å². The van der Waals surface area contributed by atoms with Gasteiger partial charge in [0, 0.05) is 0 Å². The molecule has 0 N–H and O–H groups in total. The Labute approximate surface area is 105 Å². The zero-order valence-corrected chi connectivity index (χ0v) is 12.5. The van der Waals surface area contributed by atoms with E-state index in [0.29, 0.717) is 5.41 Å². The van der Waals surface area contributed by atoms with Crippen LogP contribution >= 0.6 is 33.9 Å². The number of halogens is 1. The molecule has 1 aromatic heterocycles. The van der Waals surface area contributed by atoms with Crippen LogP contribution in [-0.4, -0.2) is 0 Å². The molecule has 1 aromatic rings. The molecule has 0 amide bonds. The molecule has 80 valence electrons. The standard InChI is InChI=1S/C12H19IS/c1-5-6-7-12(3,4)10-8-14-11(13)9(10)2/h8H,5-7H2,1-4H3. The fraction of sp³-hybridized carbons (Fsp3) is 0.667. The monoisotopic (exact) mass is 322 g/mol. The molecule has 14 heavy (non-hydrogen) atoms. The SMILES string of the molecule is CCCCC(C)(C)c1csc(I)c1C. The Balaban J connectivity index is 2.86. The summed E-state index contributed by atoms with van der Waals surface area (Å²) in [5.41, 5.74) is 3.41. The molecule has 0 aromatic carbocycles. The first kappa shape index (κ1) is 12.5. The lowest BCUT2D eigenvalue weighted by molar-refractivity contribution is 0.457. The summed E-state index contributed by atoms with van der Waals surface area (Å²) in [5, 5.41) is 2.34. The van der Waals surface area contributed by atoms with E-state index in [1.54, 1.807) is 5.56 Å². The van der Waals surface area contributed by atoms with Crippen molar-refractivity contribution >= 4 is 33.9 Å². The highest BCUT2D eigenvalue weighted by atomic mass is 127. The maximum absolute atomic E-state index is 2.44. The van der Waals surface area contributed by atoms with Crippen LogP contribution in [0.3, 0.4) is 0 Å². The summed E-state index contributed by atoms with van der Waals surface area (Å²) in [6, 6.07) is 0. The highest BCUT2D eigenvalue weighted by Gasteiger charge is 2.23. The molecule has 2 heteroatoms. The van der Waals surface area contributed by atoms with Crippen molar-refractivity contribution in [2.75, 3.05) is 0 Å². The Bertz CT molecular complexity index is 299. The lowest BCUT2D eigenvalue weighted by atomic mass is 9.80. The largest absolute Gasteiger partial charge is 0.137 e. The third kappa shape index (κ3) is 2.72. The molecular formula is C12H19IS. The molecule has 0 aliphatic rings. The molecule has 0 unspecified atom stereocenters. The molecule has 0 saturated heterocycles. The zero-order valence-electron chi connectivity index (χ0n) is 9.48. The van der Waals surface area contributed by atoms with Crippen LogP contribution in [0, 0.1) is 9.81 Å². The quantitative estimate of drug-likeness (QED) is 0.674. The van der Waals surface area contributed by atoms with E-state index < -0.39 is 0 Å². The molecule has 1 rings (SSSR count). The molecule has 0 atom stereocenters. The van der Waals surface area contributed by atoms with Crippen LogP contribution in [0.1, 0.15) is 51.2 Å². The van der Waals surface area contributed by atoms with Gasteiger partial charge in [0.05, 0.1) is 2.88 Å². The molecule has 0 radical (unpaired) electrons. The molecule has 0 fully saturated rings. The fourth-order valence-corrected chi connectivity index (χ4v) is 3.49. The van der Waals surface area contributed by atoms with E-state index in [1.165, 1.54) is 27.7 Å². The zero-order chi connectivity index (χ0) is 10.8. The normalized spacial score (nSPS) is 12.1. The van der Waals surface area contributed by atoms with Crippen molar-refractivity contribution in [3.05, 3.63) is 19.4 Å². The smallest absolute Gasteiger partial charge is 0.0685 e. The predicted molar refractivity (Wildman–Crippen MR) is 74.3 cm³/mol. The first-order valence-corrected chi connectivity index (χ1v) is 7.19. The van der Waals surface area contributed by atoms with E-state index in [4.69, 9.17) is 0 Å². The second-order valence-corrected chi connectivity index (χ2v) is 7.23. The molecule has 0 bridgehead atoms. The number of hydrogen-bond acceptors (Lipinski definition) is 1. The number of unbranched alkanes of at least 4 members (excludes halogenated alkanes) is 1. The van der Waals surface area contributed by atoms with Crippen molar-refractivity contribution in [2.24, 2.45) is 0 Å². The van der Waals surface area contributed by atoms with Gasteiger partial charge in [-0.1, -0.05) is 33.6 Å².